The van der Waals surface area contributed by atoms with Crippen molar-refractivity contribution < 1.29 is 4.79 Å². The van der Waals surface area contributed by atoms with Crippen molar-refractivity contribution in [3.8, 4) is 0 Å². The number of amides is 1. The van der Waals surface area contributed by atoms with Gasteiger partial charge in [0, 0.05) is 22.7 Å². The molecule has 0 bridgehead atoms. The molecule has 0 fully saturated rings. The number of nitrogen functional groups attached to an aromatic ring is 1. The average molecular weight is 246 g/mol. The molecule has 17 heavy (non-hydrogen) atoms. The predicted octanol–water partition coefficient (Wildman–Crippen LogP) is 2.30. The van der Waals surface area contributed by atoms with E-state index in [1.165, 1.54) is 4.88 Å². The second-order valence-corrected chi connectivity index (χ2v) is 4.74. The van der Waals surface area contributed by atoms with Crippen LogP contribution in [0.5, 0.6) is 0 Å². The molecule has 88 valence electrons. The first-order chi connectivity index (χ1) is 8.25. The molecule has 0 saturated carbocycles. The van der Waals surface area contributed by atoms with Gasteiger partial charge in [-0.1, -0.05) is 6.07 Å². The molecule has 0 aliphatic rings. The average Bonchev–Trinajstić information content (AvgIpc) is 2.83. The minimum absolute atomic E-state index is 0.0541. The van der Waals surface area contributed by atoms with Crippen molar-refractivity contribution >= 4 is 22.9 Å². The van der Waals surface area contributed by atoms with Gasteiger partial charge in [0.25, 0.3) is 5.91 Å². The Hall–Kier alpha value is -1.81. The quantitative estimate of drug-likeness (QED) is 0.813. The number of carbonyl (C=O) groups is 1. The Morgan fingerprint density at radius 3 is 2.65 bits per heavy atom. The van der Waals surface area contributed by atoms with Crippen LogP contribution in [-0.2, 0) is 6.42 Å². The molecule has 0 spiro atoms. The number of hydrogen-bond acceptors (Lipinski definition) is 3. The molecule has 0 radical (unpaired) electrons. The van der Waals surface area contributed by atoms with Crippen molar-refractivity contribution in [3.63, 3.8) is 0 Å². The van der Waals surface area contributed by atoms with Crippen LogP contribution in [0.1, 0.15) is 15.2 Å². The Morgan fingerprint density at radius 1 is 1.24 bits per heavy atom. The van der Waals surface area contributed by atoms with Crippen LogP contribution in [0.4, 0.5) is 5.69 Å². The first kappa shape index (κ1) is 11.7. The van der Waals surface area contributed by atoms with Gasteiger partial charge in [-0.3, -0.25) is 4.79 Å². The summed E-state index contributed by atoms with van der Waals surface area (Å²) in [6.45, 7) is 0.656. The first-order valence-electron chi connectivity index (χ1n) is 5.42. The van der Waals surface area contributed by atoms with Crippen LogP contribution in [0, 0.1) is 0 Å². The molecule has 0 unspecified atom stereocenters. The molecular formula is C13H14N2OS. The highest BCUT2D eigenvalue weighted by Crippen LogP contribution is 2.08. The maximum atomic E-state index is 11.7. The molecule has 2 rings (SSSR count). The van der Waals surface area contributed by atoms with E-state index in [0.717, 1.165) is 6.42 Å². The van der Waals surface area contributed by atoms with E-state index >= 15 is 0 Å². The maximum Gasteiger partial charge on any atom is 0.251 e. The fourth-order valence-electron chi connectivity index (χ4n) is 1.49. The Balaban J connectivity index is 1.83. The summed E-state index contributed by atoms with van der Waals surface area (Å²) in [6.07, 6.45) is 0.873. The van der Waals surface area contributed by atoms with Gasteiger partial charge in [0.15, 0.2) is 0 Å². The Kier molecular flexibility index (Phi) is 3.77. The third-order valence-corrected chi connectivity index (χ3v) is 3.35. The molecule has 1 aromatic carbocycles. The van der Waals surface area contributed by atoms with Crippen molar-refractivity contribution in [2.75, 3.05) is 12.3 Å². The van der Waals surface area contributed by atoms with Gasteiger partial charge in [-0.25, -0.2) is 0 Å². The van der Waals surface area contributed by atoms with Gasteiger partial charge in [0.2, 0.25) is 0 Å². The van der Waals surface area contributed by atoms with Gasteiger partial charge in [-0.15, -0.1) is 11.3 Å². The van der Waals surface area contributed by atoms with Gasteiger partial charge in [-0.05, 0) is 42.1 Å². The number of carbonyl (C=O) groups excluding carboxylic acids is 1. The highest BCUT2D eigenvalue weighted by atomic mass is 32.1. The largest absolute Gasteiger partial charge is 0.399 e. The van der Waals surface area contributed by atoms with E-state index in [1.807, 2.05) is 11.4 Å². The number of anilines is 1. The van der Waals surface area contributed by atoms with Gasteiger partial charge < -0.3 is 11.1 Å². The molecular weight excluding hydrogens is 232 g/mol. The van der Waals surface area contributed by atoms with Gasteiger partial charge in [0.05, 0.1) is 0 Å². The van der Waals surface area contributed by atoms with Crippen LogP contribution in [0.15, 0.2) is 41.8 Å². The Bertz CT molecular complexity index is 477. The smallest absolute Gasteiger partial charge is 0.251 e. The molecule has 1 aromatic heterocycles. The van der Waals surface area contributed by atoms with E-state index in [4.69, 9.17) is 5.73 Å². The van der Waals surface area contributed by atoms with Crippen LogP contribution in [0.25, 0.3) is 0 Å². The van der Waals surface area contributed by atoms with E-state index in [-0.39, 0.29) is 5.91 Å². The fourth-order valence-corrected chi connectivity index (χ4v) is 2.20. The molecule has 2 aromatic rings. The summed E-state index contributed by atoms with van der Waals surface area (Å²) in [7, 11) is 0. The molecule has 3 nitrogen and oxygen atoms in total. The number of nitrogens with one attached hydrogen (secondary N) is 1. The lowest BCUT2D eigenvalue weighted by Crippen LogP contribution is -2.25. The van der Waals surface area contributed by atoms with E-state index < -0.39 is 0 Å². The van der Waals surface area contributed by atoms with Crippen molar-refractivity contribution in [1.29, 1.82) is 0 Å². The van der Waals surface area contributed by atoms with Crippen molar-refractivity contribution in [3.05, 3.63) is 52.2 Å². The van der Waals surface area contributed by atoms with Crippen LogP contribution in [-0.4, -0.2) is 12.5 Å². The van der Waals surface area contributed by atoms with Gasteiger partial charge in [-0.2, -0.15) is 0 Å². The third-order valence-electron chi connectivity index (χ3n) is 2.41. The number of thiophene rings is 1. The third kappa shape index (κ3) is 3.32. The molecule has 3 N–H and O–H groups in total. The lowest BCUT2D eigenvalue weighted by Gasteiger charge is -2.04. The zero-order valence-corrected chi connectivity index (χ0v) is 10.2. The van der Waals surface area contributed by atoms with Crippen molar-refractivity contribution in [1.82, 2.24) is 5.32 Å². The second kappa shape index (κ2) is 5.50. The second-order valence-electron chi connectivity index (χ2n) is 3.71. The van der Waals surface area contributed by atoms with E-state index in [9.17, 15) is 4.79 Å². The molecule has 0 aliphatic carbocycles. The summed E-state index contributed by atoms with van der Waals surface area (Å²) in [4.78, 5) is 13.0. The lowest BCUT2D eigenvalue weighted by molar-refractivity contribution is 0.0954. The highest BCUT2D eigenvalue weighted by molar-refractivity contribution is 7.09. The van der Waals surface area contributed by atoms with Crippen LogP contribution in [0.2, 0.25) is 0 Å². The summed E-state index contributed by atoms with van der Waals surface area (Å²) >= 11 is 1.70. The maximum absolute atomic E-state index is 11.7. The molecule has 0 aliphatic heterocycles. The standard InChI is InChI=1S/C13H14N2OS/c14-11-5-3-10(4-6-11)13(16)15-8-7-12-2-1-9-17-12/h1-6,9H,7-8,14H2,(H,15,16). The van der Waals surface area contributed by atoms with Crippen LogP contribution >= 0.6 is 11.3 Å². The summed E-state index contributed by atoms with van der Waals surface area (Å²) in [5, 5.41) is 4.92. The summed E-state index contributed by atoms with van der Waals surface area (Å²) in [5.41, 5.74) is 6.87. The lowest BCUT2D eigenvalue weighted by atomic mass is 10.2. The Morgan fingerprint density at radius 2 is 2.00 bits per heavy atom. The van der Waals surface area contributed by atoms with Gasteiger partial charge >= 0.3 is 0 Å². The van der Waals surface area contributed by atoms with E-state index in [0.29, 0.717) is 17.8 Å². The van der Waals surface area contributed by atoms with Gasteiger partial charge in [0.1, 0.15) is 0 Å². The van der Waals surface area contributed by atoms with Crippen molar-refractivity contribution in [2.45, 2.75) is 6.42 Å². The monoisotopic (exact) mass is 246 g/mol. The van der Waals surface area contributed by atoms with E-state index in [2.05, 4.69) is 11.4 Å². The predicted molar refractivity (Wildman–Crippen MR) is 71.2 cm³/mol. The Labute approximate surface area is 104 Å². The summed E-state index contributed by atoms with van der Waals surface area (Å²) < 4.78 is 0. The SMILES string of the molecule is Nc1ccc(C(=O)NCCc2cccs2)cc1. The zero-order valence-electron chi connectivity index (χ0n) is 9.35. The number of benzene rings is 1. The molecule has 1 heterocycles. The zero-order chi connectivity index (χ0) is 12.1. The topological polar surface area (TPSA) is 55.1 Å². The van der Waals surface area contributed by atoms with E-state index in [1.54, 1.807) is 35.6 Å². The molecule has 4 heteroatoms. The number of nitrogens with two attached hydrogens (primary N) is 1. The highest BCUT2D eigenvalue weighted by Gasteiger charge is 2.04. The van der Waals surface area contributed by atoms with Crippen molar-refractivity contribution in [2.24, 2.45) is 0 Å². The summed E-state index contributed by atoms with van der Waals surface area (Å²) in [6, 6.07) is 11.0. The number of rotatable bonds is 4. The fraction of sp³-hybridized carbons (Fsp3) is 0.154. The summed E-state index contributed by atoms with van der Waals surface area (Å²) in [5.74, 6) is -0.0541. The molecule has 0 atom stereocenters. The molecule has 0 saturated heterocycles. The minimum Gasteiger partial charge on any atom is -0.399 e. The normalized spacial score (nSPS) is 10.1. The van der Waals surface area contributed by atoms with Crippen LogP contribution < -0.4 is 11.1 Å². The first-order valence-corrected chi connectivity index (χ1v) is 6.30. The van der Waals surface area contributed by atoms with Crippen LogP contribution in [0.3, 0.4) is 0 Å². The number of hydrogen-bond donors (Lipinski definition) is 2. The minimum atomic E-state index is -0.0541. The molecule has 1 amide bonds.